The van der Waals surface area contributed by atoms with Gasteiger partial charge in [0, 0.05) is 35.3 Å². The molecule has 0 saturated carbocycles. The van der Waals surface area contributed by atoms with Crippen LogP contribution < -0.4 is 9.47 Å². The van der Waals surface area contributed by atoms with Gasteiger partial charge in [-0.3, -0.25) is 9.25 Å². The lowest BCUT2D eigenvalue weighted by Crippen LogP contribution is -2.14. The van der Waals surface area contributed by atoms with Gasteiger partial charge in [-0.1, -0.05) is 30.3 Å². The zero-order chi connectivity index (χ0) is 27.5. The number of para-hydroxylation sites is 1. The summed E-state index contributed by atoms with van der Waals surface area (Å²) in [6, 6.07) is 14.9. The Balaban J connectivity index is 1.59. The summed E-state index contributed by atoms with van der Waals surface area (Å²) >= 11 is 6.49. The van der Waals surface area contributed by atoms with Crippen LogP contribution in [0.5, 0.6) is 11.5 Å². The molecule has 1 aliphatic heterocycles. The molecule has 0 bridgehead atoms. The van der Waals surface area contributed by atoms with Gasteiger partial charge in [0.2, 0.25) is 5.82 Å². The number of hydrogen-bond donors (Lipinski definition) is 0. The average Bonchev–Trinajstić information content (AvgIpc) is 3.58. The van der Waals surface area contributed by atoms with Crippen molar-refractivity contribution in [3.8, 4) is 17.2 Å². The summed E-state index contributed by atoms with van der Waals surface area (Å²) in [7, 11) is 3.18. The Kier molecular flexibility index (Phi) is 7.59. The third kappa shape index (κ3) is 4.97. The molecule has 0 aliphatic carbocycles. The fraction of sp³-hybridized carbons (Fsp3) is 0.276. The summed E-state index contributed by atoms with van der Waals surface area (Å²) in [5.41, 5.74) is 3.57. The Morgan fingerprint density at radius 2 is 2.00 bits per heavy atom. The van der Waals surface area contributed by atoms with Crippen LogP contribution in [0.25, 0.3) is 10.5 Å². The number of fused-ring (bicyclic) bond motifs is 3. The Morgan fingerprint density at radius 1 is 1.15 bits per heavy atom. The molecule has 2 aromatic carbocycles. The van der Waals surface area contributed by atoms with E-state index in [1.165, 1.54) is 6.20 Å². The van der Waals surface area contributed by atoms with Gasteiger partial charge in [0.15, 0.2) is 11.5 Å². The highest BCUT2D eigenvalue weighted by atomic mass is 35.5. The maximum absolute atomic E-state index is 12.1. The second-order valence-corrected chi connectivity index (χ2v) is 9.29. The van der Waals surface area contributed by atoms with Crippen molar-refractivity contribution in [1.82, 2.24) is 14.3 Å². The monoisotopic (exact) mass is 546 g/mol. The summed E-state index contributed by atoms with van der Waals surface area (Å²) in [5, 5.41) is 4.88. The van der Waals surface area contributed by atoms with Gasteiger partial charge in [0.05, 0.1) is 32.6 Å². The van der Waals surface area contributed by atoms with E-state index in [-0.39, 0.29) is 0 Å². The van der Waals surface area contributed by atoms with E-state index in [0.717, 1.165) is 22.5 Å². The Bertz CT molecular complexity index is 1550. The van der Waals surface area contributed by atoms with Crippen molar-refractivity contribution in [3.05, 3.63) is 99.7 Å². The molecule has 0 radical (unpaired) electrons. The van der Waals surface area contributed by atoms with Crippen molar-refractivity contribution < 1.29 is 23.7 Å². The number of halogens is 1. The predicted octanol–water partition coefficient (Wildman–Crippen LogP) is 6.32. The van der Waals surface area contributed by atoms with Crippen molar-refractivity contribution in [2.24, 2.45) is 0 Å². The molecule has 1 aliphatic rings. The van der Waals surface area contributed by atoms with Crippen LogP contribution in [0.3, 0.4) is 0 Å². The molecule has 4 aromatic rings. The van der Waals surface area contributed by atoms with E-state index in [9.17, 15) is 4.79 Å². The third-order valence-electron chi connectivity index (χ3n) is 6.63. The topological polar surface area (TPSA) is 81.1 Å². The number of nitrogens with zero attached hydrogens (tertiary/aromatic N) is 4. The Labute approximate surface area is 231 Å². The molecule has 0 spiro atoms. The first kappa shape index (κ1) is 26.4. The number of methoxy groups -OCH3 is 2. The maximum Gasteiger partial charge on any atom is 0.341 e. The van der Waals surface area contributed by atoms with Crippen molar-refractivity contribution in [2.45, 2.75) is 32.1 Å². The van der Waals surface area contributed by atoms with E-state index in [1.807, 2.05) is 41.0 Å². The van der Waals surface area contributed by atoms with Crippen molar-refractivity contribution in [2.75, 3.05) is 20.8 Å². The normalized spacial score (nSPS) is 16.0. The highest BCUT2D eigenvalue weighted by Crippen LogP contribution is 2.47. The van der Waals surface area contributed by atoms with Crippen molar-refractivity contribution >= 4 is 23.4 Å². The molecule has 0 unspecified atom stereocenters. The predicted molar refractivity (Wildman–Crippen MR) is 145 cm³/mol. The van der Waals surface area contributed by atoms with E-state index in [0.29, 0.717) is 47.5 Å². The van der Waals surface area contributed by atoms with Crippen LogP contribution >= 0.6 is 11.6 Å². The van der Waals surface area contributed by atoms with Crippen LogP contribution in [0.2, 0.25) is 5.02 Å². The first-order valence-electron chi connectivity index (χ1n) is 12.4. The minimum atomic E-state index is -0.583. The maximum atomic E-state index is 12.1. The summed E-state index contributed by atoms with van der Waals surface area (Å²) in [6.45, 7) is 10.3. The second kappa shape index (κ2) is 11.2. The lowest BCUT2D eigenvalue weighted by atomic mass is 9.98. The summed E-state index contributed by atoms with van der Waals surface area (Å²) in [6.07, 6.45) is 2.64. The van der Waals surface area contributed by atoms with Crippen LogP contribution in [0.15, 0.2) is 60.9 Å². The zero-order valence-electron chi connectivity index (χ0n) is 21.8. The number of carbonyl (C=O) groups is 1. The lowest BCUT2D eigenvalue weighted by molar-refractivity contribution is -0.00163. The second-order valence-electron chi connectivity index (χ2n) is 8.86. The zero-order valence-corrected chi connectivity index (χ0v) is 22.5. The molecule has 10 heteroatoms. The van der Waals surface area contributed by atoms with Crippen LogP contribution in [0, 0.1) is 6.57 Å². The summed E-state index contributed by atoms with van der Waals surface area (Å²) in [4.78, 5) is 15.9. The molecule has 39 heavy (non-hydrogen) atoms. The van der Waals surface area contributed by atoms with Crippen LogP contribution in [0.1, 0.15) is 52.7 Å². The van der Waals surface area contributed by atoms with E-state index >= 15 is 0 Å². The van der Waals surface area contributed by atoms with Gasteiger partial charge in [0.25, 0.3) is 0 Å². The fourth-order valence-corrected chi connectivity index (χ4v) is 5.10. The van der Waals surface area contributed by atoms with Gasteiger partial charge < -0.3 is 23.8 Å². The van der Waals surface area contributed by atoms with Crippen molar-refractivity contribution in [3.63, 3.8) is 0 Å². The summed E-state index contributed by atoms with van der Waals surface area (Å²) in [5.74, 6) is 1.18. The van der Waals surface area contributed by atoms with E-state index in [4.69, 9.17) is 37.1 Å². The SMILES string of the molecule is [C-]#[N+]c1ccc2n1-c1ccc(Cl)cc1[C@@H](c1cccc(OC)c1OC)O[C@@H]2CCn1cc(C(=O)OCC)cn1. The molecule has 9 nitrogen and oxygen atoms in total. The third-order valence-corrected chi connectivity index (χ3v) is 6.86. The summed E-state index contributed by atoms with van der Waals surface area (Å²) < 4.78 is 26.9. The molecule has 0 amide bonds. The molecular weight excluding hydrogens is 520 g/mol. The van der Waals surface area contributed by atoms with Gasteiger partial charge in [-0.2, -0.15) is 5.10 Å². The van der Waals surface area contributed by atoms with Crippen LogP contribution in [0.4, 0.5) is 5.82 Å². The van der Waals surface area contributed by atoms with Crippen molar-refractivity contribution in [1.29, 1.82) is 0 Å². The van der Waals surface area contributed by atoms with Crippen LogP contribution in [-0.2, 0) is 16.0 Å². The number of esters is 1. The molecule has 3 heterocycles. The van der Waals surface area contributed by atoms with Crippen LogP contribution in [-0.4, -0.2) is 41.1 Å². The molecule has 2 aromatic heterocycles. The van der Waals surface area contributed by atoms with Gasteiger partial charge in [-0.25, -0.2) is 4.79 Å². The lowest BCUT2D eigenvalue weighted by Gasteiger charge is -2.24. The standard InChI is InChI=1S/C29H27ClN4O5/c1-5-38-29(35)18-16-32-33(17-18)14-13-24-23-11-12-26(31-2)34(23)22-10-9-19(30)15-21(22)27(39-24)20-7-6-8-25(36-3)28(20)37-4/h6-12,15-17,24,27H,5,13-14H2,1,3-4H3/t24-,27-/m1/s1. The number of ether oxygens (including phenoxy) is 4. The number of carbonyl (C=O) groups excluding carboxylic acids is 1. The van der Waals surface area contributed by atoms with Gasteiger partial charge in [-0.05, 0) is 43.3 Å². The smallest absolute Gasteiger partial charge is 0.341 e. The average molecular weight is 547 g/mol. The largest absolute Gasteiger partial charge is 0.493 e. The van der Waals surface area contributed by atoms with E-state index in [1.54, 1.807) is 44.2 Å². The van der Waals surface area contributed by atoms with E-state index in [2.05, 4.69) is 9.94 Å². The first-order valence-corrected chi connectivity index (χ1v) is 12.8. The van der Waals surface area contributed by atoms with Gasteiger partial charge >= 0.3 is 5.97 Å². The molecule has 0 N–H and O–H groups in total. The highest BCUT2D eigenvalue weighted by Gasteiger charge is 2.36. The molecule has 200 valence electrons. The molecular formula is C29H27ClN4O5. The quantitative estimate of drug-likeness (QED) is 0.190. The van der Waals surface area contributed by atoms with Gasteiger partial charge in [-0.15, -0.1) is 0 Å². The molecule has 0 fully saturated rings. The fourth-order valence-electron chi connectivity index (χ4n) is 4.92. The van der Waals surface area contributed by atoms with E-state index < -0.39 is 18.2 Å². The number of benzene rings is 2. The number of aromatic nitrogens is 3. The number of aryl methyl sites for hydroxylation is 1. The minimum Gasteiger partial charge on any atom is -0.493 e. The number of rotatable bonds is 8. The molecule has 0 saturated heterocycles. The molecule has 2 atom stereocenters. The number of hydrogen-bond acceptors (Lipinski definition) is 6. The Morgan fingerprint density at radius 3 is 2.74 bits per heavy atom. The van der Waals surface area contributed by atoms with Gasteiger partial charge in [0.1, 0.15) is 23.6 Å². The first-order chi connectivity index (χ1) is 19.0. The molecule has 5 rings (SSSR count). The minimum absolute atomic E-state index is 0.292. The highest BCUT2D eigenvalue weighted by molar-refractivity contribution is 6.30. The Hall–Kier alpha value is -4.26.